The van der Waals surface area contributed by atoms with E-state index in [9.17, 15) is 13.6 Å². The summed E-state index contributed by atoms with van der Waals surface area (Å²) in [6.45, 7) is 2.39. The second-order valence-corrected chi connectivity index (χ2v) is 6.44. The Balaban J connectivity index is 1.90. The lowest BCUT2D eigenvalue weighted by Gasteiger charge is -2.39. The number of halogens is 2. The Kier molecular flexibility index (Phi) is 3.48. The molecule has 0 spiro atoms. The van der Waals surface area contributed by atoms with Crippen molar-refractivity contribution in [3.05, 3.63) is 29.3 Å². The first kappa shape index (κ1) is 14.4. The Bertz CT molecular complexity index is 586. The Hall–Kier alpha value is -1.49. The molecule has 1 amide bonds. The number of rotatable bonds is 1. The van der Waals surface area contributed by atoms with Crippen LogP contribution in [0.4, 0.5) is 14.5 Å². The van der Waals surface area contributed by atoms with Crippen LogP contribution in [0.15, 0.2) is 12.1 Å². The fourth-order valence-electron chi connectivity index (χ4n) is 3.56. The maximum Gasteiger partial charge on any atom is 0.231 e. The quantitative estimate of drug-likeness (QED) is 0.865. The molecule has 2 N–H and O–H groups in total. The molecule has 1 heterocycles. The molecule has 1 saturated carbocycles. The molecule has 1 aliphatic carbocycles. The molecule has 1 aromatic carbocycles. The standard InChI is InChI=1S/C16H20F2N2O/c1-16(19)6-3-2-4-11(16)15(21)20-7-5-10-8-12(17)13(18)9-14(10)20/h8-9,11H,2-7,19H2,1H3. The van der Waals surface area contributed by atoms with Gasteiger partial charge in [-0.3, -0.25) is 4.79 Å². The Morgan fingerprint density at radius 3 is 2.76 bits per heavy atom. The van der Waals surface area contributed by atoms with E-state index in [2.05, 4.69) is 0 Å². The summed E-state index contributed by atoms with van der Waals surface area (Å²) in [4.78, 5) is 14.4. The van der Waals surface area contributed by atoms with Crippen LogP contribution in [0.25, 0.3) is 0 Å². The van der Waals surface area contributed by atoms with Gasteiger partial charge in [-0.15, -0.1) is 0 Å². The maximum atomic E-state index is 13.5. The SMILES string of the molecule is CC1(N)CCCCC1C(=O)N1CCc2cc(F)c(F)cc21. The van der Waals surface area contributed by atoms with Gasteiger partial charge in [-0.25, -0.2) is 8.78 Å². The smallest absolute Gasteiger partial charge is 0.231 e. The van der Waals surface area contributed by atoms with E-state index in [1.54, 1.807) is 4.90 Å². The monoisotopic (exact) mass is 294 g/mol. The minimum absolute atomic E-state index is 0.0514. The first-order chi connectivity index (χ1) is 9.90. The summed E-state index contributed by atoms with van der Waals surface area (Å²) in [7, 11) is 0. The lowest BCUT2D eigenvalue weighted by Crippen LogP contribution is -2.53. The van der Waals surface area contributed by atoms with Crippen LogP contribution in [0.5, 0.6) is 0 Å². The minimum Gasteiger partial charge on any atom is -0.325 e. The van der Waals surface area contributed by atoms with Gasteiger partial charge in [0.25, 0.3) is 0 Å². The first-order valence-corrected chi connectivity index (χ1v) is 7.48. The summed E-state index contributed by atoms with van der Waals surface area (Å²) in [5.41, 5.74) is 6.96. The third-order valence-electron chi connectivity index (χ3n) is 4.84. The molecule has 0 aromatic heterocycles. The van der Waals surface area contributed by atoms with Crippen LogP contribution in [-0.2, 0) is 11.2 Å². The molecule has 2 aliphatic rings. The van der Waals surface area contributed by atoms with Crippen LogP contribution >= 0.6 is 0 Å². The first-order valence-electron chi connectivity index (χ1n) is 7.48. The zero-order valence-corrected chi connectivity index (χ0v) is 12.2. The number of fused-ring (bicyclic) bond motifs is 1. The Morgan fingerprint density at radius 2 is 2.05 bits per heavy atom. The molecular formula is C16H20F2N2O. The number of carbonyl (C=O) groups excluding carboxylic acids is 1. The Labute approximate surface area is 123 Å². The van der Waals surface area contributed by atoms with E-state index in [-0.39, 0.29) is 11.8 Å². The molecule has 2 unspecified atom stereocenters. The summed E-state index contributed by atoms with van der Waals surface area (Å²) in [6, 6.07) is 2.33. The molecule has 0 radical (unpaired) electrons. The zero-order chi connectivity index (χ0) is 15.2. The van der Waals surface area contributed by atoms with Crippen LogP contribution in [-0.4, -0.2) is 18.0 Å². The minimum atomic E-state index is -0.910. The maximum absolute atomic E-state index is 13.5. The fourth-order valence-corrected chi connectivity index (χ4v) is 3.56. The summed E-state index contributed by atoms with van der Waals surface area (Å²) < 4.78 is 26.7. The van der Waals surface area contributed by atoms with Crippen LogP contribution < -0.4 is 10.6 Å². The molecule has 5 heteroatoms. The lowest BCUT2D eigenvalue weighted by atomic mass is 9.74. The summed E-state index contributed by atoms with van der Waals surface area (Å²) in [5.74, 6) is -2.06. The highest BCUT2D eigenvalue weighted by atomic mass is 19.2. The van der Waals surface area contributed by atoms with Gasteiger partial charge in [-0.05, 0) is 37.8 Å². The molecule has 3 rings (SSSR count). The van der Waals surface area contributed by atoms with Crippen LogP contribution in [0.3, 0.4) is 0 Å². The second kappa shape index (κ2) is 5.05. The van der Waals surface area contributed by atoms with Gasteiger partial charge in [0.15, 0.2) is 11.6 Å². The van der Waals surface area contributed by atoms with Crippen molar-refractivity contribution < 1.29 is 13.6 Å². The van der Waals surface area contributed by atoms with Gasteiger partial charge < -0.3 is 10.6 Å². The van der Waals surface area contributed by atoms with E-state index in [1.807, 2.05) is 6.92 Å². The van der Waals surface area contributed by atoms with Crippen molar-refractivity contribution in [1.29, 1.82) is 0 Å². The predicted molar refractivity (Wildman–Crippen MR) is 77.0 cm³/mol. The highest BCUT2D eigenvalue weighted by Gasteiger charge is 2.41. The highest BCUT2D eigenvalue weighted by Crippen LogP contribution is 2.37. The summed E-state index contributed by atoms with van der Waals surface area (Å²) >= 11 is 0. The summed E-state index contributed by atoms with van der Waals surface area (Å²) in [6.07, 6.45) is 4.17. The van der Waals surface area contributed by atoms with Gasteiger partial charge >= 0.3 is 0 Å². The van der Waals surface area contributed by atoms with Crippen LogP contribution in [0.1, 0.15) is 38.2 Å². The number of amides is 1. The fraction of sp³-hybridized carbons (Fsp3) is 0.562. The molecule has 1 aromatic rings. The molecule has 1 fully saturated rings. The van der Waals surface area contributed by atoms with Gasteiger partial charge in [-0.1, -0.05) is 12.8 Å². The van der Waals surface area contributed by atoms with Crippen molar-refractivity contribution >= 4 is 11.6 Å². The predicted octanol–water partition coefficient (Wildman–Crippen LogP) is 2.76. The number of hydrogen-bond donors (Lipinski definition) is 1. The average Bonchev–Trinajstić information content (AvgIpc) is 2.81. The lowest BCUT2D eigenvalue weighted by molar-refractivity contribution is -0.125. The van der Waals surface area contributed by atoms with Crippen LogP contribution in [0.2, 0.25) is 0 Å². The van der Waals surface area contributed by atoms with Gasteiger partial charge in [0, 0.05) is 18.2 Å². The van der Waals surface area contributed by atoms with Gasteiger partial charge in [0.1, 0.15) is 0 Å². The van der Waals surface area contributed by atoms with Gasteiger partial charge in [-0.2, -0.15) is 0 Å². The van der Waals surface area contributed by atoms with E-state index in [0.717, 1.165) is 31.7 Å². The van der Waals surface area contributed by atoms with Crippen molar-refractivity contribution in [2.75, 3.05) is 11.4 Å². The van der Waals surface area contributed by atoms with Crippen molar-refractivity contribution in [1.82, 2.24) is 0 Å². The van der Waals surface area contributed by atoms with E-state index >= 15 is 0 Å². The third kappa shape index (κ3) is 2.44. The molecular weight excluding hydrogens is 274 g/mol. The van der Waals surface area contributed by atoms with Crippen molar-refractivity contribution in [2.45, 2.75) is 44.6 Å². The number of hydrogen-bond acceptors (Lipinski definition) is 2. The van der Waals surface area contributed by atoms with Crippen LogP contribution in [0, 0.1) is 17.6 Å². The largest absolute Gasteiger partial charge is 0.325 e. The van der Waals surface area contributed by atoms with Crippen molar-refractivity contribution in [3.8, 4) is 0 Å². The molecule has 1 aliphatic heterocycles. The number of carbonyl (C=O) groups is 1. The topological polar surface area (TPSA) is 46.3 Å². The molecule has 21 heavy (non-hydrogen) atoms. The molecule has 3 nitrogen and oxygen atoms in total. The van der Waals surface area contributed by atoms with E-state index in [4.69, 9.17) is 5.73 Å². The number of benzene rings is 1. The second-order valence-electron chi connectivity index (χ2n) is 6.44. The molecule has 0 saturated heterocycles. The van der Waals surface area contributed by atoms with E-state index in [0.29, 0.717) is 24.2 Å². The highest BCUT2D eigenvalue weighted by molar-refractivity contribution is 5.97. The van der Waals surface area contributed by atoms with Gasteiger partial charge in [0.2, 0.25) is 5.91 Å². The Morgan fingerprint density at radius 1 is 1.33 bits per heavy atom. The normalized spacial score (nSPS) is 28.6. The van der Waals surface area contributed by atoms with Crippen molar-refractivity contribution in [3.63, 3.8) is 0 Å². The zero-order valence-electron chi connectivity index (χ0n) is 12.2. The van der Waals surface area contributed by atoms with Gasteiger partial charge in [0.05, 0.1) is 11.6 Å². The summed E-state index contributed by atoms with van der Waals surface area (Å²) in [5, 5.41) is 0. The third-order valence-corrected chi connectivity index (χ3v) is 4.84. The molecule has 0 bridgehead atoms. The number of nitrogens with zero attached hydrogens (tertiary/aromatic N) is 1. The number of anilines is 1. The van der Waals surface area contributed by atoms with Crippen molar-refractivity contribution in [2.24, 2.45) is 11.7 Å². The average molecular weight is 294 g/mol. The van der Waals surface area contributed by atoms with E-state index < -0.39 is 17.2 Å². The molecule has 2 atom stereocenters. The number of nitrogens with two attached hydrogens (primary N) is 1. The van der Waals surface area contributed by atoms with E-state index in [1.165, 1.54) is 6.07 Å². The molecule has 114 valence electrons.